The van der Waals surface area contributed by atoms with E-state index in [0.29, 0.717) is 6.42 Å². The Kier molecular flexibility index (Phi) is 3.13. The van der Waals surface area contributed by atoms with Gasteiger partial charge in [-0.15, -0.1) is 0 Å². The Morgan fingerprint density at radius 1 is 1.35 bits per heavy atom. The van der Waals surface area contributed by atoms with E-state index in [4.69, 9.17) is 4.74 Å². The molecule has 1 saturated heterocycles. The molecular weight excluding hydrogens is 218 g/mol. The average Bonchev–Trinajstić information content (AvgIpc) is 2.25. The first-order chi connectivity index (χ1) is 8.09. The van der Waals surface area contributed by atoms with Gasteiger partial charge in [0.15, 0.2) is 0 Å². The van der Waals surface area contributed by atoms with E-state index in [9.17, 15) is 9.59 Å². The lowest BCUT2D eigenvalue weighted by Gasteiger charge is -2.38. The second-order valence-corrected chi connectivity index (χ2v) is 4.33. The van der Waals surface area contributed by atoms with Crippen LogP contribution in [0.4, 0.5) is 4.79 Å². The Balaban J connectivity index is 2.11. The third kappa shape index (κ3) is 2.30. The standard InChI is InChI=1S/C13H15NO3/c1-9(2)17-13(16)14-11(8-12(14)15)10-6-4-3-5-7-10/h3-7,9,11H,8H2,1-2H3/t11-/m1/s1. The highest BCUT2D eigenvalue weighted by Crippen LogP contribution is 2.34. The molecule has 1 atom stereocenters. The molecule has 0 spiro atoms. The van der Waals surface area contributed by atoms with Crippen molar-refractivity contribution in [2.75, 3.05) is 0 Å². The molecule has 0 N–H and O–H groups in total. The molecule has 1 aromatic rings. The first kappa shape index (κ1) is 11.6. The van der Waals surface area contributed by atoms with Crippen molar-refractivity contribution >= 4 is 12.0 Å². The number of hydrogen-bond acceptors (Lipinski definition) is 3. The van der Waals surface area contributed by atoms with Crippen LogP contribution in [0.2, 0.25) is 0 Å². The summed E-state index contributed by atoms with van der Waals surface area (Å²) in [5, 5.41) is 0. The fourth-order valence-corrected chi connectivity index (χ4v) is 1.85. The molecule has 0 unspecified atom stereocenters. The molecule has 0 saturated carbocycles. The smallest absolute Gasteiger partial charge is 0.417 e. The van der Waals surface area contributed by atoms with E-state index >= 15 is 0 Å². The van der Waals surface area contributed by atoms with Gasteiger partial charge in [-0.1, -0.05) is 30.3 Å². The topological polar surface area (TPSA) is 46.6 Å². The highest BCUT2D eigenvalue weighted by molar-refractivity contribution is 5.97. The number of likely N-dealkylation sites (tertiary alicyclic amines) is 1. The zero-order chi connectivity index (χ0) is 12.4. The Hall–Kier alpha value is -1.84. The van der Waals surface area contributed by atoms with Crippen LogP contribution in [0.1, 0.15) is 31.9 Å². The molecule has 0 bridgehead atoms. The zero-order valence-electron chi connectivity index (χ0n) is 9.92. The molecule has 1 aliphatic rings. The van der Waals surface area contributed by atoms with Gasteiger partial charge in [0.05, 0.1) is 18.6 Å². The monoisotopic (exact) mass is 233 g/mol. The van der Waals surface area contributed by atoms with Gasteiger partial charge < -0.3 is 4.74 Å². The molecular formula is C13H15NO3. The number of amides is 2. The maximum absolute atomic E-state index is 11.7. The molecule has 1 heterocycles. The van der Waals surface area contributed by atoms with Gasteiger partial charge in [0.1, 0.15) is 0 Å². The van der Waals surface area contributed by atoms with Crippen LogP contribution in [-0.2, 0) is 9.53 Å². The number of benzene rings is 1. The Bertz CT molecular complexity index is 428. The van der Waals surface area contributed by atoms with E-state index in [-0.39, 0.29) is 18.1 Å². The lowest BCUT2D eigenvalue weighted by molar-refractivity contribution is -0.143. The summed E-state index contributed by atoms with van der Waals surface area (Å²) in [5.74, 6) is -0.176. The molecule has 2 amide bonds. The largest absolute Gasteiger partial charge is 0.446 e. The van der Waals surface area contributed by atoms with Crippen molar-refractivity contribution < 1.29 is 14.3 Å². The molecule has 1 aromatic carbocycles. The van der Waals surface area contributed by atoms with E-state index in [1.807, 2.05) is 30.3 Å². The van der Waals surface area contributed by atoms with Crippen LogP contribution < -0.4 is 0 Å². The predicted molar refractivity (Wildman–Crippen MR) is 62.3 cm³/mol. The van der Waals surface area contributed by atoms with Crippen LogP contribution in [0.25, 0.3) is 0 Å². The van der Waals surface area contributed by atoms with Crippen LogP contribution in [0.3, 0.4) is 0 Å². The summed E-state index contributed by atoms with van der Waals surface area (Å²) >= 11 is 0. The number of nitrogens with zero attached hydrogens (tertiary/aromatic N) is 1. The fraction of sp³-hybridized carbons (Fsp3) is 0.385. The minimum absolute atomic E-state index is 0.171. The molecule has 1 aliphatic heterocycles. The molecule has 0 radical (unpaired) electrons. The van der Waals surface area contributed by atoms with E-state index in [2.05, 4.69) is 0 Å². The number of carbonyl (C=O) groups is 2. The molecule has 17 heavy (non-hydrogen) atoms. The maximum Gasteiger partial charge on any atom is 0.417 e. The SMILES string of the molecule is CC(C)OC(=O)N1C(=O)C[C@@H]1c1ccccc1. The molecule has 1 fully saturated rings. The predicted octanol–water partition coefficient (Wildman–Crippen LogP) is 2.51. The van der Waals surface area contributed by atoms with Gasteiger partial charge in [0.2, 0.25) is 5.91 Å². The van der Waals surface area contributed by atoms with Crippen molar-refractivity contribution in [2.45, 2.75) is 32.4 Å². The van der Waals surface area contributed by atoms with E-state index in [1.165, 1.54) is 4.90 Å². The molecule has 2 rings (SSSR count). The minimum atomic E-state index is -0.551. The van der Waals surface area contributed by atoms with Gasteiger partial charge in [0, 0.05) is 0 Å². The molecule has 0 aromatic heterocycles. The first-order valence-electron chi connectivity index (χ1n) is 5.67. The summed E-state index contributed by atoms with van der Waals surface area (Å²) in [6.07, 6.45) is -0.394. The first-order valence-corrected chi connectivity index (χ1v) is 5.67. The summed E-state index contributed by atoms with van der Waals surface area (Å²) in [5.41, 5.74) is 0.966. The second-order valence-electron chi connectivity index (χ2n) is 4.33. The second kappa shape index (κ2) is 4.57. The molecule has 4 nitrogen and oxygen atoms in total. The van der Waals surface area contributed by atoms with Crippen LogP contribution in [0, 0.1) is 0 Å². The quantitative estimate of drug-likeness (QED) is 0.737. The lowest BCUT2D eigenvalue weighted by Crippen LogP contribution is -2.50. The molecule has 0 aliphatic carbocycles. The number of ether oxygens (including phenoxy) is 1. The Morgan fingerprint density at radius 2 is 2.00 bits per heavy atom. The molecule has 90 valence electrons. The highest BCUT2D eigenvalue weighted by Gasteiger charge is 2.42. The number of β-lactam (4-membered cyclic amide) rings is 1. The zero-order valence-corrected chi connectivity index (χ0v) is 9.92. The van der Waals surface area contributed by atoms with Crippen molar-refractivity contribution in [1.29, 1.82) is 0 Å². The third-order valence-corrected chi connectivity index (χ3v) is 2.67. The number of rotatable bonds is 2. The van der Waals surface area contributed by atoms with Gasteiger partial charge in [-0.25, -0.2) is 9.69 Å². The Morgan fingerprint density at radius 3 is 2.53 bits per heavy atom. The highest BCUT2D eigenvalue weighted by atomic mass is 16.6. The minimum Gasteiger partial charge on any atom is -0.446 e. The fourth-order valence-electron chi connectivity index (χ4n) is 1.85. The van der Waals surface area contributed by atoms with E-state index < -0.39 is 6.09 Å². The number of carbonyl (C=O) groups excluding carboxylic acids is 2. The summed E-state index contributed by atoms with van der Waals surface area (Å²) in [7, 11) is 0. The van der Waals surface area contributed by atoms with E-state index in [0.717, 1.165) is 5.56 Å². The lowest BCUT2D eigenvalue weighted by atomic mass is 9.95. The van der Waals surface area contributed by atoms with Gasteiger partial charge in [-0.3, -0.25) is 4.79 Å². The van der Waals surface area contributed by atoms with Crippen molar-refractivity contribution in [3.8, 4) is 0 Å². The van der Waals surface area contributed by atoms with Crippen molar-refractivity contribution in [3.05, 3.63) is 35.9 Å². The van der Waals surface area contributed by atoms with Crippen molar-refractivity contribution in [2.24, 2.45) is 0 Å². The van der Waals surface area contributed by atoms with Crippen LogP contribution in [0.15, 0.2) is 30.3 Å². The summed E-state index contributed by atoms with van der Waals surface area (Å²) in [6, 6.07) is 9.34. The van der Waals surface area contributed by atoms with Crippen molar-refractivity contribution in [3.63, 3.8) is 0 Å². The van der Waals surface area contributed by atoms with Gasteiger partial charge in [-0.05, 0) is 19.4 Å². The van der Waals surface area contributed by atoms with Gasteiger partial charge in [0.25, 0.3) is 0 Å². The molecule has 4 heteroatoms. The maximum atomic E-state index is 11.7. The van der Waals surface area contributed by atoms with Crippen LogP contribution >= 0.6 is 0 Å². The number of hydrogen-bond donors (Lipinski definition) is 0. The van der Waals surface area contributed by atoms with Crippen molar-refractivity contribution in [1.82, 2.24) is 4.90 Å². The van der Waals surface area contributed by atoms with E-state index in [1.54, 1.807) is 13.8 Å². The normalized spacial score (nSPS) is 19.1. The summed E-state index contributed by atoms with van der Waals surface area (Å²) in [6.45, 7) is 3.53. The third-order valence-electron chi connectivity index (χ3n) is 2.67. The Labute approximate surface area is 100 Å². The number of imide groups is 1. The average molecular weight is 233 g/mol. The summed E-state index contributed by atoms with van der Waals surface area (Å²) < 4.78 is 5.04. The van der Waals surface area contributed by atoms with Crippen LogP contribution in [-0.4, -0.2) is 23.0 Å². The van der Waals surface area contributed by atoms with Crippen LogP contribution in [0.5, 0.6) is 0 Å². The summed E-state index contributed by atoms with van der Waals surface area (Å²) in [4.78, 5) is 24.4. The van der Waals surface area contributed by atoms with Gasteiger partial charge in [-0.2, -0.15) is 0 Å². The van der Waals surface area contributed by atoms with Gasteiger partial charge >= 0.3 is 6.09 Å².